The number of rotatable bonds is 5. The molecule has 1 saturated heterocycles. The van der Waals surface area contributed by atoms with Gasteiger partial charge in [0.25, 0.3) is 0 Å². The summed E-state index contributed by atoms with van der Waals surface area (Å²) in [5.41, 5.74) is 6.09. The number of aryl methyl sites for hydroxylation is 2. The standard InChI is InChI=1S/C28H30N4O4/c1-17-15-18(2)30-28-26(17)21(16-29)23(8-10-25(33)31-11-13-36-14-12-31)32(28)22-7-5-20-19(22)6-9-24(34-3)27(20)35-4/h6,8-10,15,22H,5,7,11-14H2,1-4H3. The van der Waals surface area contributed by atoms with E-state index in [1.165, 1.54) is 0 Å². The maximum atomic E-state index is 12.9. The number of nitrogens with zero attached hydrogens (tertiary/aromatic N) is 4. The van der Waals surface area contributed by atoms with Crippen LogP contribution < -0.4 is 9.47 Å². The quantitative estimate of drug-likeness (QED) is 0.508. The summed E-state index contributed by atoms with van der Waals surface area (Å²) in [6.07, 6.45) is 4.98. The van der Waals surface area contributed by atoms with Crippen LogP contribution in [0.1, 0.15) is 46.1 Å². The number of aromatic nitrogens is 2. The van der Waals surface area contributed by atoms with Crippen molar-refractivity contribution in [3.63, 3.8) is 0 Å². The van der Waals surface area contributed by atoms with E-state index in [9.17, 15) is 10.1 Å². The molecule has 8 heteroatoms. The van der Waals surface area contributed by atoms with Gasteiger partial charge in [-0.25, -0.2) is 4.98 Å². The van der Waals surface area contributed by atoms with Crippen molar-refractivity contribution in [1.29, 1.82) is 5.26 Å². The first kappa shape index (κ1) is 23.9. The highest BCUT2D eigenvalue weighted by Gasteiger charge is 2.32. The number of amides is 1. The van der Waals surface area contributed by atoms with Crippen LogP contribution in [0.2, 0.25) is 0 Å². The van der Waals surface area contributed by atoms with Crippen LogP contribution in [0, 0.1) is 25.2 Å². The number of morpholine rings is 1. The Hall–Kier alpha value is -3.83. The lowest BCUT2D eigenvalue weighted by molar-refractivity contribution is -0.129. The lowest BCUT2D eigenvalue weighted by Crippen LogP contribution is -2.39. The summed E-state index contributed by atoms with van der Waals surface area (Å²) in [6, 6.07) is 8.34. The zero-order valence-electron chi connectivity index (χ0n) is 21.1. The number of hydrogen-bond acceptors (Lipinski definition) is 6. The molecule has 3 heterocycles. The van der Waals surface area contributed by atoms with E-state index in [1.807, 2.05) is 26.0 Å². The van der Waals surface area contributed by atoms with E-state index in [0.717, 1.165) is 52.0 Å². The fraction of sp³-hybridized carbons (Fsp3) is 0.393. The smallest absolute Gasteiger partial charge is 0.246 e. The summed E-state index contributed by atoms with van der Waals surface area (Å²) in [7, 11) is 3.29. The summed E-state index contributed by atoms with van der Waals surface area (Å²) < 4.78 is 18.7. The number of carbonyl (C=O) groups is 1. The van der Waals surface area contributed by atoms with Crippen LogP contribution in [0.25, 0.3) is 17.1 Å². The molecule has 0 radical (unpaired) electrons. The normalized spacial score (nSPS) is 17.4. The SMILES string of the molecule is COc1ccc2c(c1OC)CCC2n1c(C=CC(=O)N2CCOCC2)c(C#N)c2c(C)cc(C)nc21. The van der Waals surface area contributed by atoms with E-state index in [-0.39, 0.29) is 11.9 Å². The van der Waals surface area contributed by atoms with Crippen LogP contribution in [0.3, 0.4) is 0 Å². The Labute approximate surface area is 210 Å². The monoisotopic (exact) mass is 486 g/mol. The Morgan fingerprint density at radius 3 is 2.69 bits per heavy atom. The second kappa shape index (κ2) is 9.67. The van der Waals surface area contributed by atoms with Crippen LogP contribution in [0.15, 0.2) is 24.3 Å². The van der Waals surface area contributed by atoms with Crippen molar-refractivity contribution >= 4 is 23.0 Å². The third-order valence-electron chi connectivity index (χ3n) is 7.16. The molecule has 1 fully saturated rings. The molecule has 0 spiro atoms. The van der Waals surface area contributed by atoms with Crippen LogP contribution in [0.4, 0.5) is 0 Å². The number of methoxy groups -OCH3 is 2. The van der Waals surface area contributed by atoms with Gasteiger partial charge in [0, 0.05) is 35.8 Å². The topological polar surface area (TPSA) is 89.6 Å². The molecule has 36 heavy (non-hydrogen) atoms. The minimum absolute atomic E-state index is 0.0590. The lowest BCUT2D eigenvalue weighted by Gasteiger charge is -2.25. The van der Waals surface area contributed by atoms with Gasteiger partial charge in [-0.15, -0.1) is 0 Å². The summed E-state index contributed by atoms with van der Waals surface area (Å²) in [4.78, 5) is 19.6. The Morgan fingerprint density at radius 2 is 2.00 bits per heavy atom. The molecular weight excluding hydrogens is 456 g/mol. The maximum absolute atomic E-state index is 12.9. The van der Waals surface area contributed by atoms with Crippen molar-refractivity contribution in [3.8, 4) is 17.6 Å². The molecule has 186 valence electrons. The van der Waals surface area contributed by atoms with E-state index in [1.54, 1.807) is 31.3 Å². The van der Waals surface area contributed by atoms with Gasteiger partial charge in [0.15, 0.2) is 11.5 Å². The molecule has 0 saturated carbocycles. The predicted molar refractivity (Wildman–Crippen MR) is 136 cm³/mol. The van der Waals surface area contributed by atoms with Gasteiger partial charge < -0.3 is 23.7 Å². The molecule has 1 aliphatic carbocycles. The van der Waals surface area contributed by atoms with Crippen molar-refractivity contribution in [1.82, 2.24) is 14.5 Å². The van der Waals surface area contributed by atoms with Gasteiger partial charge in [-0.05, 0) is 56.0 Å². The average molecular weight is 487 g/mol. The molecule has 5 rings (SSSR count). The first-order valence-corrected chi connectivity index (χ1v) is 12.2. The van der Waals surface area contributed by atoms with Crippen molar-refractivity contribution in [2.45, 2.75) is 32.7 Å². The van der Waals surface area contributed by atoms with Crippen molar-refractivity contribution in [2.75, 3.05) is 40.5 Å². The second-order valence-electron chi connectivity index (χ2n) is 9.22. The number of benzene rings is 1. The van der Waals surface area contributed by atoms with Gasteiger partial charge in [-0.3, -0.25) is 4.79 Å². The number of ether oxygens (including phenoxy) is 3. The Kier molecular flexibility index (Phi) is 6.42. The van der Waals surface area contributed by atoms with E-state index >= 15 is 0 Å². The maximum Gasteiger partial charge on any atom is 0.246 e. The summed E-state index contributed by atoms with van der Waals surface area (Å²) in [5, 5.41) is 11.1. The Balaban J connectivity index is 1.70. The van der Waals surface area contributed by atoms with Gasteiger partial charge >= 0.3 is 0 Å². The van der Waals surface area contributed by atoms with E-state index in [4.69, 9.17) is 19.2 Å². The highest BCUT2D eigenvalue weighted by molar-refractivity contribution is 5.96. The minimum atomic E-state index is -0.0851. The highest BCUT2D eigenvalue weighted by Crippen LogP contribution is 2.46. The molecule has 1 aliphatic heterocycles. The first-order chi connectivity index (χ1) is 17.5. The third-order valence-corrected chi connectivity index (χ3v) is 7.16. The van der Waals surface area contributed by atoms with Crippen LogP contribution in [0.5, 0.6) is 11.5 Å². The molecular formula is C28H30N4O4. The number of carbonyl (C=O) groups excluding carboxylic acids is 1. The number of nitriles is 1. The third kappa shape index (κ3) is 3.90. The summed E-state index contributed by atoms with van der Waals surface area (Å²) >= 11 is 0. The minimum Gasteiger partial charge on any atom is -0.493 e. The van der Waals surface area contributed by atoms with Gasteiger partial charge in [-0.2, -0.15) is 5.26 Å². The average Bonchev–Trinajstić information content (AvgIpc) is 3.45. The molecule has 2 aromatic heterocycles. The van der Waals surface area contributed by atoms with Gasteiger partial charge in [0.05, 0.1) is 44.7 Å². The molecule has 1 aromatic carbocycles. The molecule has 0 bridgehead atoms. The molecule has 0 N–H and O–H groups in total. The molecule has 1 amide bonds. The first-order valence-electron chi connectivity index (χ1n) is 12.2. The zero-order chi connectivity index (χ0) is 25.4. The zero-order valence-corrected chi connectivity index (χ0v) is 21.1. The van der Waals surface area contributed by atoms with Crippen LogP contribution >= 0.6 is 0 Å². The fourth-order valence-corrected chi connectivity index (χ4v) is 5.58. The van der Waals surface area contributed by atoms with E-state index in [0.29, 0.717) is 43.3 Å². The van der Waals surface area contributed by atoms with Gasteiger partial charge in [-0.1, -0.05) is 6.07 Å². The number of fused-ring (bicyclic) bond motifs is 2. The Morgan fingerprint density at radius 1 is 1.22 bits per heavy atom. The van der Waals surface area contributed by atoms with Crippen molar-refractivity contribution in [2.24, 2.45) is 0 Å². The van der Waals surface area contributed by atoms with E-state index in [2.05, 4.69) is 16.7 Å². The largest absolute Gasteiger partial charge is 0.493 e. The number of pyridine rings is 1. The summed E-state index contributed by atoms with van der Waals surface area (Å²) in [5.74, 6) is 1.36. The highest BCUT2D eigenvalue weighted by atomic mass is 16.5. The summed E-state index contributed by atoms with van der Waals surface area (Å²) in [6.45, 7) is 6.17. The molecule has 3 aromatic rings. The van der Waals surface area contributed by atoms with Crippen molar-refractivity contribution in [3.05, 3.63) is 57.9 Å². The van der Waals surface area contributed by atoms with Gasteiger partial charge in [0.1, 0.15) is 11.7 Å². The van der Waals surface area contributed by atoms with Crippen molar-refractivity contribution < 1.29 is 19.0 Å². The molecule has 2 aliphatic rings. The second-order valence-corrected chi connectivity index (χ2v) is 9.22. The lowest BCUT2D eigenvalue weighted by atomic mass is 10.1. The fourth-order valence-electron chi connectivity index (χ4n) is 5.58. The molecule has 8 nitrogen and oxygen atoms in total. The Bertz CT molecular complexity index is 1410. The predicted octanol–water partition coefficient (Wildman–Crippen LogP) is 3.95. The van der Waals surface area contributed by atoms with E-state index < -0.39 is 0 Å². The molecule has 1 unspecified atom stereocenters. The number of hydrogen-bond donors (Lipinski definition) is 0. The molecule has 1 atom stereocenters. The van der Waals surface area contributed by atoms with Crippen LogP contribution in [-0.4, -0.2) is 60.9 Å². The van der Waals surface area contributed by atoms with Gasteiger partial charge in [0.2, 0.25) is 5.91 Å². The van der Waals surface area contributed by atoms with Crippen LogP contribution in [-0.2, 0) is 16.0 Å².